The van der Waals surface area contributed by atoms with E-state index in [4.69, 9.17) is 5.21 Å². The largest absolute Gasteiger partial charge is 0.391 e. The van der Waals surface area contributed by atoms with E-state index >= 15 is 0 Å². The Hall–Kier alpha value is -1.51. The molecular weight excluding hydrogens is 335 g/mol. The summed E-state index contributed by atoms with van der Waals surface area (Å²) in [5, 5.41) is 19.9. The number of hydrogen-bond acceptors (Lipinski definition) is 4. The van der Waals surface area contributed by atoms with Crippen molar-refractivity contribution in [1.29, 1.82) is 0 Å². The van der Waals surface area contributed by atoms with E-state index < -0.39 is 29.8 Å². The third kappa shape index (κ3) is 4.55. The van der Waals surface area contributed by atoms with Gasteiger partial charge in [-0.25, -0.2) is 9.87 Å². The van der Waals surface area contributed by atoms with Gasteiger partial charge in [-0.05, 0) is 25.1 Å². The van der Waals surface area contributed by atoms with Crippen LogP contribution in [0.2, 0.25) is 0 Å². The van der Waals surface area contributed by atoms with Crippen LogP contribution in [-0.4, -0.2) is 34.3 Å². The fourth-order valence-electron chi connectivity index (χ4n) is 1.37. The van der Waals surface area contributed by atoms with E-state index in [0.717, 1.165) is 6.07 Å². The van der Waals surface area contributed by atoms with Crippen LogP contribution in [0.4, 0.5) is 4.39 Å². The average molecular weight is 351 g/mol. The van der Waals surface area contributed by atoms with Crippen LogP contribution in [0.15, 0.2) is 22.7 Å². The highest BCUT2D eigenvalue weighted by Crippen LogP contribution is 2.15. The van der Waals surface area contributed by atoms with Gasteiger partial charge >= 0.3 is 0 Å². The maximum Gasteiger partial charge on any atom is 0.268 e. The summed E-state index contributed by atoms with van der Waals surface area (Å²) in [5.74, 6) is -2.65. The minimum absolute atomic E-state index is 0. The Kier molecular flexibility index (Phi) is 7.33. The summed E-state index contributed by atoms with van der Waals surface area (Å²) in [4.78, 5) is 23.0. The fraction of sp³-hybridized carbons (Fsp3) is 0.333. The molecule has 0 aliphatic rings. The molecule has 1 rings (SSSR count). The lowest BCUT2D eigenvalue weighted by atomic mass is 10.1. The summed E-state index contributed by atoms with van der Waals surface area (Å²) in [6.07, 6.45) is -1.25. The summed E-state index contributed by atoms with van der Waals surface area (Å²) in [6, 6.07) is 2.39. The molecule has 0 fully saturated rings. The molecule has 0 aromatic heterocycles. The number of rotatable bonds is 4. The first-order chi connectivity index (χ1) is 8.86. The molecule has 0 aliphatic carbocycles. The number of aliphatic hydroxyl groups excluding tert-OH is 1. The SMILES string of the molecule is C.C[C@@H](O)[C@H](NC(=O)c1ccc(Br)cc1F)C(=O)NO. The molecule has 0 saturated heterocycles. The highest BCUT2D eigenvalue weighted by molar-refractivity contribution is 9.10. The molecule has 0 bridgehead atoms. The Bertz CT molecular complexity index is 496. The number of benzene rings is 1. The first-order valence-corrected chi connectivity index (χ1v) is 6.04. The molecule has 112 valence electrons. The van der Waals surface area contributed by atoms with Crippen LogP contribution in [0.25, 0.3) is 0 Å². The van der Waals surface area contributed by atoms with Gasteiger partial charge < -0.3 is 10.4 Å². The summed E-state index contributed by atoms with van der Waals surface area (Å²) >= 11 is 3.05. The van der Waals surface area contributed by atoms with Crippen molar-refractivity contribution in [2.45, 2.75) is 26.5 Å². The summed E-state index contributed by atoms with van der Waals surface area (Å²) in [5.41, 5.74) is 1.03. The van der Waals surface area contributed by atoms with E-state index in [2.05, 4.69) is 21.2 Å². The van der Waals surface area contributed by atoms with Crippen LogP contribution in [0, 0.1) is 5.82 Å². The van der Waals surface area contributed by atoms with E-state index in [1.807, 2.05) is 0 Å². The Morgan fingerprint density at radius 2 is 2.00 bits per heavy atom. The molecule has 4 N–H and O–H groups in total. The molecule has 0 heterocycles. The fourth-order valence-corrected chi connectivity index (χ4v) is 1.70. The minimum atomic E-state index is -1.39. The third-order valence-corrected chi connectivity index (χ3v) is 2.83. The number of hydrogen-bond donors (Lipinski definition) is 4. The molecule has 1 aromatic rings. The van der Waals surface area contributed by atoms with Crippen molar-refractivity contribution in [1.82, 2.24) is 10.8 Å². The van der Waals surface area contributed by atoms with Crippen molar-refractivity contribution in [2.75, 3.05) is 0 Å². The van der Waals surface area contributed by atoms with Gasteiger partial charge in [0.1, 0.15) is 11.9 Å². The van der Waals surface area contributed by atoms with Crippen molar-refractivity contribution < 1.29 is 24.3 Å². The van der Waals surface area contributed by atoms with Crippen molar-refractivity contribution in [3.05, 3.63) is 34.1 Å². The monoisotopic (exact) mass is 350 g/mol. The number of hydroxylamine groups is 1. The topological polar surface area (TPSA) is 98.7 Å². The van der Waals surface area contributed by atoms with Crippen molar-refractivity contribution in [3.8, 4) is 0 Å². The summed E-state index contributed by atoms with van der Waals surface area (Å²) in [7, 11) is 0. The third-order valence-electron chi connectivity index (χ3n) is 2.34. The predicted octanol–water partition coefficient (Wildman–Crippen LogP) is 1.21. The number of nitrogens with one attached hydrogen (secondary N) is 2. The van der Waals surface area contributed by atoms with Crippen LogP contribution in [0.3, 0.4) is 0 Å². The number of carbonyl (C=O) groups is 2. The second kappa shape index (κ2) is 7.93. The minimum Gasteiger partial charge on any atom is -0.391 e. The lowest BCUT2D eigenvalue weighted by molar-refractivity contribution is -0.133. The number of halogens is 2. The van der Waals surface area contributed by atoms with Gasteiger partial charge in [-0.2, -0.15) is 0 Å². The molecule has 0 saturated carbocycles. The zero-order valence-electron chi connectivity index (χ0n) is 9.85. The number of aliphatic hydroxyl groups is 1. The van der Waals surface area contributed by atoms with E-state index in [0.29, 0.717) is 4.47 Å². The molecule has 0 radical (unpaired) electrons. The summed E-state index contributed by atoms with van der Waals surface area (Å²) < 4.78 is 14.0. The van der Waals surface area contributed by atoms with E-state index in [1.165, 1.54) is 24.5 Å². The normalized spacial score (nSPS) is 12.8. The second-order valence-electron chi connectivity index (χ2n) is 3.79. The highest BCUT2D eigenvalue weighted by Gasteiger charge is 2.26. The van der Waals surface area contributed by atoms with Gasteiger partial charge in [-0.3, -0.25) is 14.8 Å². The second-order valence-corrected chi connectivity index (χ2v) is 4.71. The predicted molar refractivity (Wildman–Crippen MR) is 73.7 cm³/mol. The zero-order chi connectivity index (χ0) is 14.6. The Labute approximate surface area is 124 Å². The summed E-state index contributed by atoms with van der Waals surface area (Å²) in [6.45, 7) is 1.25. The standard InChI is InChI=1S/C11H12BrFN2O4.CH4/c1-5(16)9(11(18)15-19)14-10(17)7-3-2-6(12)4-8(7)13;/h2-5,9,16,19H,1H3,(H,14,17)(H,15,18);1H4/t5-,9+;/m1./s1. The molecular formula is C12H16BrFN2O4. The van der Waals surface area contributed by atoms with Crippen molar-refractivity contribution in [3.63, 3.8) is 0 Å². The molecule has 1 aromatic carbocycles. The van der Waals surface area contributed by atoms with Gasteiger partial charge in [-0.1, -0.05) is 23.4 Å². The van der Waals surface area contributed by atoms with E-state index in [-0.39, 0.29) is 13.0 Å². The molecule has 8 heteroatoms. The maximum absolute atomic E-state index is 13.5. The molecule has 0 spiro atoms. The van der Waals surface area contributed by atoms with E-state index in [9.17, 15) is 19.1 Å². The molecule has 0 unspecified atom stereocenters. The average Bonchev–Trinajstić information content (AvgIpc) is 2.34. The smallest absolute Gasteiger partial charge is 0.268 e. The number of carbonyl (C=O) groups excluding carboxylic acids is 2. The highest BCUT2D eigenvalue weighted by atomic mass is 79.9. The van der Waals surface area contributed by atoms with Gasteiger partial charge in [0.15, 0.2) is 0 Å². The first kappa shape index (κ1) is 18.5. The Morgan fingerprint density at radius 1 is 1.40 bits per heavy atom. The molecule has 2 amide bonds. The lowest BCUT2D eigenvalue weighted by Gasteiger charge is -2.19. The van der Waals surface area contributed by atoms with Gasteiger partial charge in [0, 0.05) is 4.47 Å². The van der Waals surface area contributed by atoms with E-state index in [1.54, 1.807) is 0 Å². The quantitative estimate of drug-likeness (QED) is 0.484. The van der Waals surface area contributed by atoms with Crippen LogP contribution >= 0.6 is 15.9 Å². The Morgan fingerprint density at radius 3 is 2.45 bits per heavy atom. The van der Waals surface area contributed by atoms with Gasteiger partial charge in [0.25, 0.3) is 11.8 Å². The molecule has 0 aliphatic heterocycles. The van der Waals surface area contributed by atoms with Crippen LogP contribution in [-0.2, 0) is 4.79 Å². The molecule has 2 atom stereocenters. The van der Waals surface area contributed by atoms with Crippen molar-refractivity contribution >= 4 is 27.7 Å². The number of amides is 2. The van der Waals surface area contributed by atoms with Crippen molar-refractivity contribution in [2.24, 2.45) is 0 Å². The van der Waals surface area contributed by atoms with Crippen LogP contribution < -0.4 is 10.8 Å². The lowest BCUT2D eigenvalue weighted by Crippen LogP contribution is -2.51. The van der Waals surface area contributed by atoms with Gasteiger partial charge in [0.2, 0.25) is 0 Å². The van der Waals surface area contributed by atoms with Gasteiger partial charge in [-0.15, -0.1) is 0 Å². The van der Waals surface area contributed by atoms with Crippen LogP contribution in [0.1, 0.15) is 24.7 Å². The first-order valence-electron chi connectivity index (χ1n) is 5.24. The Balaban J connectivity index is 0.00000361. The maximum atomic E-state index is 13.5. The molecule has 6 nitrogen and oxygen atoms in total. The van der Waals surface area contributed by atoms with Gasteiger partial charge in [0.05, 0.1) is 11.7 Å². The molecule has 20 heavy (non-hydrogen) atoms. The van der Waals surface area contributed by atoms with Crippen LogP contribution in [0.5, 0.6) is 0 Å². The zero-order valence-corrected chi connectivity index (χ0v) is 11.4.